The molecule has 1 aromatic heterocycles. The van der Waals surface area contributed by atoms with E-state index in [0.717, 1.165) is 6.21 Å². The molecule has 0 bridgehead atoms. The molecule has 0 aliphatic carbocycles. The number of nitrogens with zero attached hydrogens (tertiary/aromatic N) is 6. The number of aliphatic imine (C=N–C) groups is 1. The fourth-order valence-electron chi connectivity index (χ4n) is 1.13. The molecule has 0 unspecified atom stereocenters. The van der Waals surface area contributed by atoms with Gasteiger partial charge in [0.15, 0.2) is 5.82 Å². The first kappa shape index (κ1) is 15.8. The molecule has 0 spiro atoms. The monoisotopic (exact) mass is 289 g/mol. The molecule has 0 aliphatic heterocycles. The molecule has 108 valence electrons. The van der Waals surface area contributed by atoms with Crippen molar-refractivity contribution >= 4 is 23.8 Å². The van der Waals surface area contributed by atoms with E-state index in [-0.39, 0.29) is 17.2 Å². The Balaban J connectivity index is 2.81. The number of carbonyl (C=O) groups is 2. The van der Waals surface area contributed by atoms with Gasteiger partial charge in [-0.3, -0.25) is 19.9 Å². The number of aromatic nitrogens is 2. The number of aliphatic hydroxyl groups excluding tert-OH is 1. The van der Waals surface area contributed by atoms with Crippen molar-refractivity contribution < 1.29 is 14.7 Å². The summed E-state index contributed by atoms with van der Waals surface area (Å²) in [5.74, 6) is -1.79. The van der Waals surface area contributed by atoms with Gasteiger partial charge in [0.2, 0.25) is 5.91 Å². The Bertz CT molecular complexity index is 628. The predicted octanol–water partition coefficient (Wildman–Crippen LogP) is 0.964. The molecular weight excluding hydrogens is 278 g/mol. The fourth-order valence-corrected chi connectivity index (χ4v) is 1.13. The summed E-state index contributed by atoms with van der Waals surface area (Å²) in [7, 11) is 0. The second-order valence-electron chi connectivity index (χ2n) is 3.59. The third-order valence-electron chi connectivity index (χ3n) is 2.04. The van der Waals surface area contributed by atoms with Crippen molar-refractivity contribution in [2.24, 2.45) is 10.1 Å². The lowest BCUT2D eigenvalue weighted by Gasteiger charge is -2.03. The Morgan fingerprint density at radius 2 is 2.29 bits per heavy atom. The SMILES string of the molecule is C/C(O)=C(\C=Nc1cnccn1)C(=O)NC(=O)CN=[N+]=[N-]. The van der Waals surface area contributed by atoms with Gasteiger partial charge in [0, 0.05) is 23.5 Å². The van der Waals surface area contributed by atoms with Crippen LogP contribution < -0.4 is 5.32 Å². The lowest BCUT2D eigenvalue weighted by molar-refractivity contribution is -0.127. The summed E-state index contributed by atoms with van der Waals surface area (Å²) in [6, 6.07) is 0. The van der Waals surface area contributed by atoms with E-state index in [2.05, 4.69) is 25.0 Å². The molecule has 2 amide bonds. The van der Waals surface area contributed by atoms with Crippen LogP contribution in [0.25, 0.3) is 10.4 Å². The Labute approximate surface area is 118 Å². The van der Waals surface area contributed by atoms with E-state index in [1.165, 1.54) is 25.5 Å². The molecule has 1 heterocycles. The molecular formula is C11H11N7O3. The van der Waals surface area contributed by atoms with Crippen molar-refractivity contribution in [1.29, 1.82) is 0 Å². The van der Waals surface area contributed by atoms with Crippen molar-refractivity contribution in [3.05, 3.63) is 40.4 Å². The van der Waals surface area contributed by atoms with E-state index >= 15 is 0 Å². The van der Waals surface area contributed by atoms with Crippen LogP contribution in [0.2, 0.25) is 0 Å². The summed E-state index contributed by atoms with van der Waals surface area (Å²) in [6.45, 7) is 0.733. The third kappa shape index (κ3) is 5.49. The van der Waals surface area contributed by atoms with Gasteiger partial charge in [0.25, 0.3) is 5.91 Å². The number of amides is 2. The zero-order valence-electron chi connectivity index (χ0n) is 11.0. The van der Waals surface area contributed by atoms with Gasteiger partial charge in [-0.05, 0) is 12.5 Å². The standard InChI is InChI=1S/C11H11N7O3/c1-7(19)8(4-15-9-5-13-2-3-14-9)11(21)17-10(20)6-16-18-12/h2-5,19H,6H2,1H3,(H,17,20,21)/b8-7-,15-4?. The highest BCUT2D eigenvalue weighted by Crippen LogP contribution is 2.05. The van der Waals surface area contributed by atoms with Crippen LogP contribution in [0.1, 0.15) is 6.92 Å². The first-order valence-electron chi connectivity index (χ1n) is 5.59. The smallest absolute Gasteiger partial charge is 0.262 e. The van der Waals surface area contributed by atoms with Gasteiger partial charge in [-0.15, -0.1) is 0 Å². The van der Waals surface area contributed by atoms with Crippen LogP contribution in [0, 0.1) is 0 Å². The van der Waals surface area contributed by atoms with Gasteiger partial charge < -0.3 is 5.11 Å². The van der Waals surface area contributed by atoms with E-state index in [1.54, 1.807) is 0 Å². The van der Waals surface area contributed by atoms with Crippen LogP contribution in [0.3, 0.4) is 0 Å². The number of hydrogen-bond acceptors (Lipinski definition) is 7. The van der Waals surface area contributed by atoms with E-state index in [4.69, 9.17) is 5.53 Å². The molecule has 0 saturated heterocycles. The summed E-state index contributed by atoms with van der Waals surface area (Å²) in [5, 5.41) is 14.4. The van der Waals surface area contributed by atoms with E-state index in [0.29, 0.717) is 0 Å². The van der Waals surface area contributed by atoms with Gasteiger partial charge in [0.1, 0.15) is 12.3 Å². The highest BCUT2D eigenvalue weighted by Gasteiger charge is 2.14. The zero-order valence-corrected chi connectivity index (χ0v) is 11.0. The van der Waals surface area contributed by atoms with E-state index in [9.17, 15) is 14.7 Å². The van der Waals surface area contributed by atoms with E-state index in [1.807, 2.05) is 5.32 Å². The number of nitrogens with one attached hydrogen (secondary N) is 1. The first-order chi connectivity index (χ1) is 10.0. The van der Waals surface area contributed by atoms with Gasteiger partial charge >= 0.3 is 0 Å². The van der Waals surface area contributed by atoms with Crippen molar-refractivity contribution in [1.82, 2.24) is 15.3 Å². The molecule has 21 heavy (non-hydrogen) atoms. The number of rotatable bonds is 5. The second kappa shape index (κ2) is 8.02. The number of hydrogen-bond donors (Lipinski definition) is 2. The topological polar surface area (TPSA) is 153 Å². The normalized spacial score (nSPS) is 11.5. The maximum atomic E-state index is 11.8. The van der Waals surface area contributed by atoms with Crippen LogP contribution in [-0.2, 0) is 9.59 Å². The van der Waals surface area contributed by atoms with Gasteiger partial charge in [-0.25, -0.2) is 9.98 Å². The van der Waals surface area contributed by atoms with Crippen molar-refractivity contribution in [3.8, 4) is 0 Å². The minimum Gasteiger partial charge on any atom is -0.512 e. The van der Waals surface area contributed by atoms with Gasteiger partial charge in [-0.2, -0.15) is 0 Å². The summed E-state index contributed by atoms with van der Waals surface area (Å²) < 4.78 is 0. The maximum absolute atomic E-state index is 11.8. The lowest BCUT2D eigenvalue weighted by Crippen LogP contribution is -2.34. The molecule has 0 aromatic carbocycles. The molecule has 0 radical (unpaired) electrons. The average molecular weight is 289 g/mol. The van der Waals surface area contributed by atoms with Crippen LogP contribution in [0.15, 0.2) is 40.0 Å². The van der Waals surface area contributed by atoms with Crippen molar-refractivity contribution in [3.63, 3.8) is 0 Å². The summed E-state index contributed by atoms with van der Waals surface area (Å²) in [6.07, 6.45) is 5.26. The summed E-state index contributed by atoms with van der Waals surface area (Å²) >= 11 is 0. The minimum absolute atomic E-state index is 0.226. The molecule has 0 aliphatic rings. The first-order valence-corrected chi connectivity index (χ1v) is 5.59. The number of aliphatic hydroxyl groups is 1. The van der Waals surface area contributed by atoms with Crippen LogP contribution in [-0.4, -0.2) is 39.6 Å². The van der Waals surface area contributed by atoms with Crippen molar-refractivity contribution in [2.45, 2.75) is 6.92 Å². The molecule has 1 aromatic rings. The fraction of sp³-hybridized carbons (Fsp3) is 0.182. The highest BCUT2D eigenvalue weighted by molar-refractivity contribution is 6.17. The average Bonchev–Trinajstić information content (AvgIpc) is 2.46. The summed E-state index contributed by atoms with van der Waals surface area (Å²) in [4.78, 5) is 36.9. The molecule has 0 fully saturated rings. The van der Waals surface area contributed by atoms with Crippen LogP contribution in [0.5, 0.6) is 0 Å². The Kier molecular flexibility index (Phi) is 6.03. The predicted molar refractivity (Wildman–Crippen MR) is 72.7 cm³/mol. The van der Waals surface area contributed by atoms with Crippen LogP contribution in [0.4, 0.5) is 5.82 Å². The highest BCUT2D eigenvalue weighted by atomic mass is 16.3. The Morgan fingerprint density at radius 1 is 1.52 bits per heavy atom. The molecule has 10 nitrogen and oxygen atoms in total. The summed E-state index contributed by atoms with van der Waals surface area (Å²) in [5.41, 5.74) is 7.84. The van der Waals surface area contributed by atoms with Crippen LogP contribution >= 0.6 is 0 Å². The quantitative estimate of drug-likeness (QED) is 0.206. The Morgan fingerprint density at radius 3 is 2.86 bits per heavy atom. The zero-order chi connectivity index (χ0) is 15.7. The number of imide groups is 1. The minimum atomic E-state index is -0.874. The van der Waals surface area contributed by atoms with Crippen molar-refractivity contribution in [2.75, 3.05) is 6.54 Å². The largest absolute Gasteiger partial charge is 0.512 e. The second-order valence-corrected chi connectivity index (χ2v) is 3.59. The van der Waals surface area contributed by atoms with Gasteiger partial charge in [0.05, 0.1) is 11.8 Å². The molecule has 0 atom stereocenters. The molecule has 0 saturated carbocycles. The number of allylic oxidation sites excluding steroid dienone is 1. The van der Waals surface area contributed by atoms with Gasteiger partial charge in [-0.1, -0.05) is 5.11 Å². The molecule has 10 heteroatoms. The molecule has 1 rings (SSSR count). The molecule has 2 N–H and O–H groups in total. The maximum Gasteiger partial charge on any atom is 0.262 e. The lowest BCUT2D eigenvalue weighted by atomic mass is 10.2. The number of azide groups is 1. The number of carbonyl (C=O) groups excluding carboxylic acids is 2. The third-order valence-corrected chi connectivity index (χ3v) is 2.04. The Hall–Kier alpha value is -3.26. The van der Waals surface area contributed by atoms with E-state index < -0.39 is 18.4 Å².